The summed E-state index contributed by atoms with van der Waals surface area (Å²) in [6.07, 6.45) is 2.13. The standard InChI is InChI=1S/C21H19N5O6S/c1-10-13(6-7-29-11(2)27)21(28)26-18(22-10)16(20(24-26)33-3)19-23-17(25-32-19)12-4-5-14-15(8-12)31-9-30-14/h4-5,8,24H,6-7,9H2,1-3H3. The average molecular weight is 469 g/mol. The Bertz CT molecular complexity index is 1440. The van der Waals surface area contributed by atoms with Crippen LogP contribution in [0.4, 0.5) is 0 Å². The first-order chi connectivity index (χ1) is 16.0. The van der Waals surface area contributed by atoms with Gasteiger partial charge in [0.25, 0.3) is 11.4 Å². The molecule has 1 aliphatic rings. The Morgan fingerprint density at radius 2 is 2.09 bits per heavy atom. The molecule has 3 aromatic heterocycles. The molecule has 11 nitrogen and oxygen atoms in total. The molecule has 0 unspecified atom stereocenters. The number of nitrogens with zero attached hydrogens (tertiary/aromatic N) is 4. The van der Waals surface area contributed by atoms with Crippen molar-refractivity contribution in [3.63, 3.8) is 0 Å². The number of ether oxygens (including phenoxy) is 3. The van der Waals surface area contributed by atoms with Gasteiger partial charge in [0.2, 0.25) is 12.6 Å². The average Bonchev–Trinajstić information content (AvgIpc) is 3.52. The maximum atomic E-state index is 13.1. The van der Waals surface area contributed by atoms with Crippen LogP contribution in [0.5, 0.6) is 11.5 Å². The summed E-state index contributed by atoms with van der Waals surface area (Å²) in [5, 5.41) is 7.81. The van der Waals surface area contributed by atoms with Gasteiger partial charge in [-0.2, -0.15) is 9.50 Å². The molecule has 1 aliphatic heterocycles. The largest absolute Gasteiger partial charge is 0.466 e. The van der Waals surface area contributed by atoms with Crippen molar-refractivity contribution in [1.29, 1.82) is 0 Å². The number of nitrogens with one attached hydrogen (secondary N) is 1. The van der Waals surface area contributed by atoms with Crippen molar-refractivity contribution >= 4 is 23.4 Å². The second-order valence-electron chi connectivity index (χ2n) is 7.24. The Morgan fingerprint density at radius 1 is 1.27 bits per heavy atom. The molecule has 0 saturated heterocycles. The summed E-state index contributed by atoms with van der Waals surface area (Å²) in [5.41, 5.74) is 2.33. The van der Waals surface area contributed by atoms with Crippen molar-refractivity contribution in [2.45, 2.75) is 25.3 Å². The number of thioether (sulfide) groups is 1. The molecule has 0 fully saturated rings. The van der Waals surface area contributed by atoms with Gasteiger partial charge in [0.1, 0.15) is 10.6 Å². The number of benzene rings is 1. The van der Waals surface area contributed by atoms with Crippen LogP contribution in [0.2, 0.25) is 0 Å². The summed E-state index contributed by atoms with van der Waals surface area (Å²) in [4.78, 5) is 33.3. The number of aromatic amines is 1. The molecule has 1 N–H and O–H groups in total. The lowest BCUT2D eigenvalue weighted by Crippen LogP contribution is -2.23. The number of aryl methyl sites for hydroxylation is 1. The first kappa shape index (κ1) is 21.1. The number of fused-ring (bicyclic) bond motifs is 2. The van der Waals surface area contributed by atoms with Crippen molar-refractivity contribution in [2.75, 3.05) is 19.7 Å². The van der Waals surface area contributed by atoms with Gasteiger partial charge in [0, 0.05) is 30.2 Å². The first-order valence-corrected chi connectivity index (χ1v) is 11.2. The highest BCUT2D eigenvalue weighted by atomic mass is 32.2. The van der Waals surface area contributed by atoms with E-state index in [4.69, 9.17) is 18.7 Å². The van der Waals surface area contributed by atoms with E-state index in [1.54, 1.807) is 19.1 Å². The monoisotopic (exact) mass is 469 g/mol. The quantitative estimate of drug-likeness (QED) is 0.332. The number of esters is 1. The number of hydrogen-bond donors (Lipinski definition) is 1. The van der Waals surface area contributed by atoms with E-state index in [0.717, 1.165) is 0 Å². The second-order valence-corrected chi connectivity index (χ2v) is 8.06. The van der Waals surface area contributed by atoms with Crippen molar-refractivity contribution in [3.05, 3.63) is 39.8 Å². The summed E-state index contributed by atoms with van der Waals surface area (Å²) in [6, 6.07) is 5.38. The molecule has 170 valence electrons. The Labute approximate surface area is 191 Å². The zero-order chi connectivity index (χ0) is 23.1. The van der Waals surface area contributed by atoms with Crippen LogP contribution in [0.1, 0.15) is 18.2 Å². The van der Waals surface area contributed by atoms with E-state index >= 15 is 0 Å². The van der Waals surface area contributed by atoms with E-state index in [-0.39, 0.29) is 31.3 Å². The summed E-state index contributed by atoms with van der Waals surface area (Å²) in [7, 11) is 0. The SMILES string of the molecule is CSc1[nH]n2c(=O)c(CCOC(C)=O)c(C)nc2c1-c1nc(-c2ccc3c(c2)OCO3)no1. The van der Waals surface area contributed by atoms with Crippen LogP contribution >= 0.6 is 11.8 Å². The number of H-pyrrole nitrogens is 1. The maximum Gasteiger partial charge on any atom is 0.302 e. The van der Waals surface area contributed by atoms with Crippen LogP contribution in [0.15, 0.2) is 32.5 Å². The molecule has 33 heavy (non-hydrogen) atoms. The van der Waals surface area contributed by atoms with Gasteiger partial charge < -0.3 is 18.7 Å². The van der Waals surface area contributed by atoms with Gasteiger partial charge in [-0.05, 0) is 31.4 Å². The Morgan fingerprint density at radius 3 is 2.88 bits per heavy atom. The Hall–Kier alpha value is -3.80. The topological polar surface area (TPSA) is 134 Å². The Balaban J connectivity index is 1.56. The van der Waals surface area contributed by atoms with Gasteiger partial charge in [0.15, 0.2) is 17.1 Å². The summed E-state index contributed by atoms with van der Waals surface area (Å²) in [6.45, 7) is 3.34. The number of carbonyl (C=O) groups excluding carboxylic acids is 1. The molecule has 0 amide bonds. The fourth-order valence-corrected chi connectivity index (χ4v) is 4.16. The minimum absolute atomic E-state index is 0.102. The van der Waals surface area contributed by atoms with Gasteiger partial charge in [-0.15, -0.1) is 11.8 Å². The van der Waals surface area contributed by atoms with Gasteiger partial charge in [-0.3, -0.25) is 14.7 Å². The van der Waals surface area contributed by atoms with Crippen LogP contribution in [-0.4, -0.2) is 50.4 Å². The fourth-order valence-electron chi connectivity index (χ4n) is 3.60. The molecule has 0 saturated carbocycles. The summed E-state index contributed by atoms with van der Waals surface area (Å²) < 4.78 is 22.6. The van der Waals surface area contributed by atoms with E-state index in [1.165, 1.54) is 23.2 Å². The fraction of sp³-hybridized carbons (Fsp3) is 0.286. The molecular weight excluding hydrogens is 450 g/mol. The minimum Gasteiger partial charge on any atom is -0.466 e. The molecule has 0 radical (unpaired) electrons. The summed E-state index contributed by atoms with van der Waals surface area (Å²) >= 11 is 1.39. The molecule has 4 heterocycles. The van der Waals surface area contributed by atoms with Gasteiger partial charge in [0.05, 0.1) is 6.61 Å². The van der Waals surface area contributed by atoms with E-state index in [0.29, 0.717) is 50.4 Å². The molecule has 1 aromatic carbocycles. The number of aromatic nitrogens is 5. The lowest BCUT2D eigenvalue weighted by Gasteiger charge is -2.06. The normalized spacial score (nSPS) is 12.5. The van der Waals surface area contributed by atoms with Gasteiger partial charge in [-0.1, -0.05) is 5.16 Å². The molecule has 0 bridgehead atoms. The molecular formula is C21H19N5O6S. The smallest absolute Gasteiger partial charge is 0.302 e. The lowest BCUT2D eigenvalue weighted by atomic mass is 10.2. The predicted molar refractivity (Wildman–Crippen MR) is 118 cm³/mol. The molecule has 0 spiro atoms. The highest BCUT2D eigenvalue weighted by molar-refractivity contribution is 7.98. The zero-order valence-electron chi connectivity index (χ0n) is 18.0. The number of hydrogen-bond acceptors (Lipinski definition) is 10. The van der Waals surface area contributed by atoms with Crippen molar-refractivity contribution in [2.24, 2.45) is 0 Å². The van der Waals surface area contributed by atoms with E-state index in [1.807, 2.05) is 12.3 Å². The third-order valence-corrected chi connectivity index (χ3v) is 5.88. The second kappa shape index (κ2) is 8.28. The van der Waals surface area contributed by atoms with Crippen LogP contribution in [0, 0.1) is 6.92 Å². The molecule has 4 aromatic rings. The predicted octanol–water partition coefficient (Wildman–Crippen LogP) is 2.60. The first-order valence-electron chi connectivity index (χ1n) is 10.0. The van der Waals surface area contributed by atoms with Gasteiger partial charge >= 0.3 is 5.97 Å². The van der Waals surface area contributed by atoms with Crippen molar-refractivity contribution in [1.82, 2.24) is 24.7 Å². The number of carbonyl (C=O) groups is 1. The maximum absolute atomic E-state index is 13.1. The highest BCUT2D eigenvalue weighted by Crippen LogP contribution is 2.37. The summed E-state index contributed by atoms with van der Waals surface area (Å²) in [5.74, 6) is 1.47. The molecule has 5 rings (SSSR count). The van der Waals surface area contributed by atoms with Crippen molar-refractivity contribution < 1.29 is 23.5 Å². The highest BCUT2D eigenvalue weighted by Gasteiger charge is 2.24. The van der Waals surface area contributed by atoms with Gasteiger partial charge in [-0.25, -0.2) is 4.98 Å². The molecule has 0 atom stereocenters. The molecule has 0 aliphatic carbocycles. The lowest BCUT2D eigenvalue weighted by molar-refractivity contribution is -0.140. The van der Waals surface area contributed by atoms with E-state index in [9.17, 15) is 9.59 Å². The van der Waals surface area contributed by atoms with Crippen LogP contribution in [0.3, 0.4) is 0 Å². The molecule has 12 heteroatoms. The zero-order valence-corrected chi connectivity index (χ0v) is 18.8. The minimum atomic E-state index is -0.400. The van der Waals surface area contributed by atoms with Crippen LogP contribution < -0.4 is 15.0 Å². The third kappa shape index (κ3) is 3.71. The van der Waals surface area contributed by atoms with Crippen molar-refractivity contribution in [3.8, 4) is 34.3 Å². The Kier molecular flexibility index (Phi) is 5.29. The number of rotatable bonds is 6. The van der Waals surface area contributed by atoms with Crippen LogP contribution in [-0.2, 0) is 16.0 Å². The third-order valence-electron chi connectivity index (χ3n) is 5.18. The van der Waals surface area contributed by atoms with E-state index in [2.05, 4.69) is 20.2 Å². The van der Waals surface area contributed by atoms with Crippen LogP contribution in [0.25, 0.3) is 28.5 Å². The van der Waals surface area contributed by atoms with E-state index < -0.39 is 5.97 Å².